The summed E-state index contributed by atoms with van der Waals surface area (Å²) in [6.07, 6.45) is 13.2. The van der Waals surface area contributed by atoms with Crippen molar-refractivity contribution in [2.75, 3.05) is 0 Å². The van der Waals surface area contributed by atoms with Gasteiger partial charge < -0.3 is 9.84 Å². The van der Waals surface area contributed by atoms with E-state index in [-0.39, 0.29) is 10.6 Å². The molecule has 6 heteroatoms. The van der Waals surface area contributed by atoms with Crippen molar-refractivity contribution in [2.45, 2.75) is 82.4 Å². The third kappa shape index (κ3) is 8.76. The van der Waals surface area contributed by atoms with E-state index in [2.05, 4.69) is 6.92 Å². The zero-order valence-corrected chi connectivity index (χ0v) is 18.7. The lowest BCUT2D eigenvalue weighted by Crippen LogP contribution is -2.00. The minimum Gasteiger partial charge on any atom is -0.508 e. The van der Waals surface area contributed by atoms with E-state index in [9.17, 15) is 18.1 Å². The maximum atomic E-state index is 11.5. The standard InChI is InChI=1S/C24H34O5S/c1-2-3-4-5-6-7-8-9-10-11-13-20-16-17-23(30(26,27)28)19-24(20)29-22-15-12-14-21(25)18-22/h12,14-19,25H,2-11,13H2,1H3,(H,26,27,28). The maximum absolute atomic E-state index is 11.5. The Balaban J connectivity index is 1.90. The highest BCUT2D eigenvalue weighted by Gasteiger charge is 2.14. The second kappa shape index (κ2) is 12.6. The normalized spacial score (nSPS) is 11.5. The van der Waals surface area contributed by atoms with Crippen LogP contribution in [0.15, 0.2) is 47.4 Å². The quantitative estimate of drug-likeness (QED) is 0.250. The molecule has 0 aliphatic carbocycles. The average Bonchev–Trinajstić information content (AvgIpc) is 2.69. The lowest BCUT2D eigenvalue weighted by molar-refractivity contribution is 0.449. The molecule has 0 bridgehead atoms. The van der Waals surface area contributed by atoms with Gasteiger partial charge in [0.05, 0.1) is 4.90 Å². The molecule has 2 N–H and O–H groups in total. The van der Waals surface area contributed by atoms with Gasteiger partial charge in [-0.05, 0) is 36.6 Å². The summed E-state index contributed by atoms with van der Waals surface area (Å²) in [5.74, 6) is 0.855. The third-order valence-electron chi connectivity index (χ3n) is 5.18. The van der Waals surface area contributed by atoms with Crippen LogP contribution in [0.3, 0.4) is 0 Å². The minimum atomic E-state index is -4.32. The Morgan fingerprint density at radius 3 is 2.07 bits per heavy atom. The molecule has 0 unspecified atom stereocenters. The predicted octanol–water partition coefficient (Wildman–Crippen LogP) is 6.89. The smallest absolute Gasteiger partial charge is 0.294 e. The summed E-state index contributed by atoms with van der Waals surface area (Å²) in [5.41, 5.74) is 0.880. The molecule has 0 aromatic heterocycles. The van der Waals surface area contributed by atoms with Crippen molar-refractivity contribution in [2.24, 2.45) is 0 Å². The van der Waals surface area contributed by atoms with Gasteiger partial charge in [0.2, 0.25) is 0 Å². The highest BCUT2D eigenvalue weighted by Crippen LogP contribution is 2.31. The number of ether oxygens (including phenoxy) is 1. The molecular weight excluding hydrogens is 400 g/mol. The Morgan fingerprint density at radius 2 is 1.47 bits per heavy atom. The number of aryl methyl sites for hydroxylation is 1. The van der Waals surface area contributed by atoms with Crippen molar-refractivity contribution < 1.29 is 22.8 Å². The van der Waals surface area contributed by atoms with E-state index in [4.69, 9.17) is 4.74 Å². The van der Waals surface area contributed by atoms with Crippen LogP contribution in [0.2, 0.25) is 0 Å². The summed E-state index contributed by atoms with van der Waals surface area (Å²) in [5, 5.41) is 9.63. The molecule has 0 aliphatic heterocycles. The summed E-state index contributed by atoms with van der Waals surface area (Å²) in [6.45, 7) is 2.23. The molecule has 2 aromatic rings. The Labute approximate surface area is 180 Å². The van der Waals surface area contributed by atoms with Gasteiger partial charge in [-0.2, -0.15) is 8.42 Å². The molecule has 2 rings (SSSR count). The van der Waals surface area contributed by atoms with Crippen LogP contribution >= 0.6 is 0 Å². The molecule has 0 fully saturated rings. The van der Waals surface area contributed by atoms with Crippen LogP contribution in [0.4, 0.5) is 0 Å². The first-order chi connectivity index (χ1) is 14.4. The Kier molecular flexibility index (Phi) is 10.2. The lowest BCUT2D eigenvalue weighted by atomic mass is 10.0. The van der Waals surface area contributed by atoms with Crippen LogP contribution in [-0.2, 0) is 16.5 Å². The van der Waals surface area contributed by atoms with Gasteiger partial charge in [0.25, 0.3) is 10.1 Å². The van der Waals surface area contributed by atoms with E-state index >= 15 is 0 Å². The van der Waals surface area contributed by atoms with Crippen LogP contribution in [0, 0.1) is 0 Å². The van der Waals surface area contributed by atoms with Gasteiger partial charge in [-0.25, -0.2) is 0 Å². The van der Waals surface area contributed by atoms with E-state index in [1.165, 1.54) is 75.6 Å². The first-order valence-corrected chi connectivity index (χ1v) is 12.4. The summed E-state index contributed by atoms with van der Waals surface area (Å²) < 4.78 is 38.2. The average molecular weight is 435 g/mol. The SMILES string of the molecule is CCCCCCCCCCCCc1ccc(S(=O)(=O)O)cc1Oc1cccc(O)c1. The van der Waals surface area contributed by atoms with Gasteiger partial charge in [0, 0.05) is 12.1 Å². The number of hydrogen-bond donors (Lipinski definition) is 2. The fourth-order valence-corrected chi connectivity index (χ4v) is 3.97. The molecule has 0 heterocycles. The van der Waals surface area contributed by atoms with Crippen molar-refractivity contribution in [3.05, 3.63) is 48.0 Å². The van der Waals surface area contributed by atoms with Crippen molar-refractivity contribution >= 4 is 10.1 Å². The van der Waals surface area contributed by atoms with Crippen LogP contribution < -0.4 is 4.74 Å². The number of rotatable bonds is 14. The first kappa shape index (κ1) is 24.2. The van der Waals surface area contributed by atoms with Gasteiger partial charge in [-0.1, -0.05) is 76.8 Å². The van der Waals surface area contributed by atoms with E-state index < -0.39 is 10.1 Å². The molecule has 0 radical (unpaired) electrons. The molecule has 30 heavy (non-hydrogen) atoms. The first-order valence-electron chi connectivity index (χ1n) is 11.0. The summed E-state index contributed by atoms with van der Waals surface area (Å²) >= 11 is 0. The molecule has 0 aliphatic rings. The summed E-state index contributed by atoms with van der Waals surface area (Å²) in [4.78, 5) is -0.204. The van der Waals surface area contributed by atoms with Crippen LogP contribution in [-0.4, -0.2) is 18.1 Å². The van der Waals surface area contributed by atoms with Crippen molar-refractivity contribution in [1.82, 2.24) is 0 Å². The van der Waals surface area contributed by atoms with E-state index in [0.717, 1.165) is 24.8 Å². The van der Waals surface area contributed by atoms with Crippen LogP contribution in [0.1, 0.15) is 76.7 Å². The van der Waals surface area contributed by atoms with Gasteiger partial charge >= 0.3 is 0 Å². The molecule has 2 aromatic carbocycles. The zero-order chi connectivity index (χ0) is 21.8. The Hall–Kier alpha value is -2.05. The molecule has 0 saturated carbocycles. The Morgan fingerprint density at radius 1 is 0.833 bits per heavy atom. The fraction of sp³-hybridized carbons (Fsp3) is 0.500. The van der Waals surface area contributed by atoms with Crippen LogP contribution in [0.5, 0.6) is 17.2 Å². The number of phenols is 1. The molecule has 166 valence electrons. The minimum absolute atomic E-state index is 0.0645. The van der Waals surface area contributed by atoms with Crippen LogP contribution in [0.25, 0.3) is 0 Å². The fourth-order valence-electron chi connectivity index (χ4n) is 3.47. The second-order valence-electron chi connectivity index (χ2n) is 7.78. The number of unbranched alkanes of at least 4 members (excludes halogenated alkanes) is 9. The predicted molar refractivity (Wildman–Crippen MR) is 120 cm³/mol. The topological polar surface area (TPSA) is 83.8 Å². The zero-order valence-electron chi connectivity index (χ0n) is 17.8. The highest BCUT2D eigenvalue weighted by molar-refractivity contribution is 7.85. The molecule has 0 amide bonds. The van der Waals surface area contributed by atoms with E-state index in [1.54, 1.807) is 18.2 Å². The van der Waals surface area contributed by atoms with Crippen molar-refractivity contribution in [3.63, 3.8) is 0 Å². The number of aromatic hydroxyl groups is 1. The highest BCUT2D eigenvalue weighted by atomic mass is 32.2. The number of benzene rings is 2. The molecule has 0 saturated heterocycles. The third-order valence-corrected chi connectivity index (χ3v) is 6.03. The van der Waals surface area contributed by atoms with Gasteiger partial charge in [0.1, 0.15) is 17.2 Å². The second-order valence-corrected chi connectivity index (χ2v) is 9.20. The Bertz CT molecular complexity index is 877. The largest absolute Gasteiger partial charge is 0.508 e. The monoisotopic (exact) mass is 434 g/mol. The van der Waals surface area contributed by atoms with E-state index in [1.807, 2.05) is 0 Å². The van der Waals surface area contributed by atoms with Crippen molar-refractivity contribution in [3.8, 4) is 17.2 Å². The van der Waals surface area contributed by atoms with Gasteiger partial charge in [-0.3, -0.25) is 4.55 Å². The lowest BCUT2D eigenvalue weighted by Gasteiger charge is -2.13. The molecular formula is C24H34O5S. The summed E-state index contributed by atoms with van der Waals surface area (Å²) in [7, 11) is -4.32. The van der Waals surface area contributed by atoms with Gasteiger partial charge in [0.15, 0.2) is 0 Å². The molecule has 5 nitrogen and oxygen atoms in total. The van der Waals surface area contributed by atoms with E-state index in [0.29, 0.717) is 11.5 Å². The van der Waals surface area contributed by atoms with Gasteiger partial charge in [-0.15, -0.1) is 0 Å². The summed E-state index contributed by atoms with van der Waals surface area (Å²) in [6, 6.07) is 10.8. The number of phenolic OH excluding ortho intramolecular Hbond substituents is 1. The van der Waals surface area contributed by atoms with Crippen molar-refractivity contribution in [1.29, 1.82) is 0 Å². The number of hydrogen-bond acceptors (Lipinski definition) is 4. The molecule has 0 spiro atoms. The maximum Gasteiger partial charge on any atom is 0.294 e. The molecule has 0 atom stereocenters.